The number of aromatic nitrogens is 1. The number of nitrogens with zero attached hydrogens (tertiary/aromatic N) is 1. The third kappa shape index (κ3) is 2.50. The van der Waals surface area contributed by atoms with Gasteiger partial charge in [0.1, 0.15) is 5.82 Å². The highest BCUT2D eigenvalue weighted by Crippen LogP contribution is 2.30. The molecular weight excluding hydrogens is 217 g/mol. The van der Waals surface area contributed by atoms with E-state index < -0.39 is 6.10 Å². The Morgan fingerprint density at radius 1 is 1.12 bits per heavy atom. The molecule has 0 aliphatic rings. The zero-order valence-corrected chi connectivity index (χ0v) is 9.55. The van der Waals surface area contributed by atoms with Crippen LogP contribution in [-0.2, 0) is 0 Å². The second-order valence-corrected chi connectivity index (χ2v) is 4.01. The van der Waals surface area contributed by atoms with E-state index in [-0.39, 0.29) is 11.7 Å². The third-order valence-corrected chi connectivity index (χ3v) is 2.85. The lowest BCUT2D eigenvalue weighted by atomic mass is 9.94. The smallest absolute Gasteiger partial charge is 0.129 e. The van der Waals surface area contributed by atoms with Gasteiger partial charge in [0, 0.05) is 23.4 Å². The van der Waals surface area contributed by atoms with E-state index in [2.05, 4.69) is 4.98 Å². The number of hydrogen-bond acceptors (Lipinski definition) is 2. The summed E-state index contributed by atoms with van der Waals surface area (Å²) in [6.07, 6.45) is 0.783. The van der Waals surface area contributed by atoms with E-state index in [9.17, 15) is 9.50 Å². The van der Waals surface area contributed by atoms with Gasteiger partial charge in [0.15, 0.2) is 0 Å². The second-order valence-electron chi connectivity index (χ2n) is 4.01. The molecule has 0 aliphatic carbocycles. The maximum atomic E-state index is 13.5. The van der Waals surface area contributed by atoms with Crippen molar-refractivity contribution < 1.29 is 9.50 Å². The number of halogens is 1. The molecule has 2 atom stereocenters. The van der Waals surface area contributed by atoms with Gasteiger partial charge in [0.25, 0.3) is 0 Å². The molecule has 0 saturated carbocycles. The lowest BCUT2D eigenvalue weighted by Crippen LogP contribution is -2.10. The summed E-state index contributed by atoms with van der Waals surface area (Å²) in [5.41, 5.74) is 1.06. The standard InChI is InChI=1S/C14H14FNO/c1-10(13-8-4-5-9-16-13)14(17)11-6-2-3-7-12(11)15/h2-10,14,17H,1H3. The van der Waals surface area contributed by atoms with Crippen molar-refractivity contribution in [2.75, 3.05) is 0 Å². The Labute approximate surface area is 99.8 Å². The molecule has 2 rings (SSSR count). The Morgan fingerprint density at radius 3 is 2.47 bits per heavy atom. The average Bonchev–Trinajstić information content (AvgIpc) is 2.39. The lowest BCUT2D eigenvalue weighted by molar-refractivity contribution is 0.145. The normalized spacial score (nSPS) is 14.3. The van der Waals surface area contributed by atoms with Gasteiger partial charge in [0.2, 0.25) is 0 Å². The fraction of sp³-hybridized carbons (Fsp3) is 0.214. The topological polar surface area (TPSA) is 33.1 Å². The van der Waals surface area contributed by atoms with Gasteiger partial charge < -0.3 is 5.11 Å². The molecule has 0 bridgehead atoms. The molecule has 88 valence electrons. The Hall–Kier alpha value is -1.74. The lowest BCUT2D eigenvalue weighted by Gasteiger charge is -2.19. The Balaban J connectivity index is 2.27. The summed E-state index contributed by atoms with van der Waals surface area (Å²) in [6.45, 7) is 1.83. The van der Waals surface area contributed by atoms with E-state index in [1.807, 2.05) is 25.1 Å². The van der Waals surface area contributed by atoms with Gasteiger partial charge in [-0.15, -0.1) is 0 Å². The summed E-state index contributed by atoms with van der Waals surface area (Å²) >= 11 is 0. The summed E-state index contributed by atoms with van der Waals surface area (Å²) in [5, 5.41) is 10.1. The highest BCUT2D eigenvalue weighted by molar-refractivity contribution is 5.24. The van der Waals surface area contributed by atoms with Gasteiger partial charge >= 0.3 is 0 Å². The number of aliphatic hydroxyl groups is 1. The van der Waals surface area contributed by atoms with Gasteiger partial charge in [-0.1, -0.05) is 31.2 Å². The minimum atomic E-state index is -0.883. The number of rotatable bonds is 3. The molecule has 0 fully saturated rings. The van der Waals surface area contributed by atoms with Crippen LogP contribution in [0.2, 0.25) is 0 Å². The van der Waals surface area contributed by atoms with E-state index in [0.29, 0.717) is 5.56 Å². The molecule has 1 aromatic heterocycles. The van der Waals surface area contributed by atoms with Crippen LogP contribution in [0.25, 0.3) is 0 Å². The van der Waals surface area contributed by atoms with E-state index in [1.165, 1.54) is 6.07 Å². The molecule has 1 aromatic carbocycles. The highest BCUT2D eigenvalue weighted by Gasteiger charge is 2.21. The van der Waals surface area contributed by atoms with Gasteiger partial charge in [-0.3, -0.25) is 4.98 Å². The Kier molecular flexibility index (Phi) is 3.49. The minimum Gasteiger partial charge on any atom is -0.388 e. The number of hydrogen-bond donors (Lipinski definition) is 1. The van der Waals surface area contributed by atoms with Crippen molar-refractivity contribution in [3.63, 3.8) is 0 Å². The summed E-state index contributed by atoms with van der Waals surface area (Å²) in [6, 6.07) is 11.8. The van der Waals surface area contributed by atoms with Crippen molar-refractivity contribution in [2.24, 2.45) is 0 Å². The number of benzene rings is 1. The SMILES string of the molecule is CC(c1ccccn1)C(O)c1ccccc1F. The highest BCUT2D eigenvalue weighted by atomic mass is 19.1. The summed E-state index contributed by atoms with van der Waals surface area (Å²) in [4.78, 5) is 4.17. The molecule has 2 nitrogen and oxygen atoms in total. The zero-order valence-electron chi connectivity index (χ0n) is 9.55. The molecule has 3 heteroatoms. The molecule has 0 aliphatic heterocycles. The average molecular weight is 231 g/mol. The first-order chi connectivity index (χ1) is 8.20. The quantitative estimate of drug-likeness (QED) is 0.880. The van der Waals surface area contributed by atoms with Gasteiger partial charge in [-0.25, -0.2) is 4.39 Å². The van der Waals surface area contributed by atoms with E-state index in [4.69, 9.17) is 0 Å². The van der Waals surface area contributed by atoms with Crippen molar-refractivity contribution >= 4 is 0 Å². The first kappa shape index (κ1) is 11.7. The van der Waals surface area contributed by atoms with E-state index in [0.717, 1.165) is 5.69 Å². The van der Waals surface area contributed by atoms with Crippen molar-refractivity contribution in [1.29, 1.82) is 0 Å². The molecule has 0 amide bonds. The van der Waals surface area contributed by atoms with Crippen LogP contribution in [-0.4, -0.2) is 10.1 Å². The first-order valence-corrected chi connectivity index (χ1v) is 5.53. The third-order valence-electron chi connectivity index (χ3n) is 2.85. The van der Waals surface area contributed by atoms with E-state index in [1.54, 1.807) is 24.4 Å². The fourth-order valence-electron chi connectivity index (χ4n) is 1.79. The Morgan fingerprint density at radius 2 is 1.82 bits per heavy atom. The molecular formula is C14H14FNO. The van der Waals surface area contributed by atoms with Crippen LogP contribution in [0, 0.1) is 5.82 Å². The van der Waals surface area contributed by atoms with E-state index >= 15 is 0 Å². The molecule has 1 N–H and O–H groups in total. The second kappa shape index (κ2) is 5.06. The molecule has 0 radical (unpaired) electrons. The van der Waals surface area contributed by atoms with Gasteiger partial charge in [0.05, 0.1) is 6.10 Å². The number of aliphatic hydroxyl groups excluding tert-OH is 1. The van der Waals surface area contributed by atoms with Crippen LogP contribution >= 0.6 is 0 Å². The first-order valence-electron chi connectivity index (χ1n) is 5.53. The van der Waals surface area contributed by atoms with Crippen LogP contribution in [0.15, 0.2) is 48.7 Å². The summed E-state index contributed by atoms with van der Waals surface area (Å²) < 4.78 is 13.5. The van der Waals surface area contributed by atoms with Crippen molar-refractivity contribution in [2.45, 2.75) is 18.9 Å². The molecule has 0 spiro atoms. The molecule has 2 unspecified atom stereocenters. The van der Waals surface area contributed by atoms with Crippen molar-refractivity contribution in [3.05, 3.63) is 65.7 Å². The maximum absolute atomic E-state index is 13.5. The molecule has 0 saturated heterocycles. The predicted octanol–water partition coefficient (Wildman–Crippen LogP) is 3.06. The molecule has 17 heavy (non-hydrogen) atoms. The summed E-state index contributed by atoms with van der Waals surface area (Å²) in [5.74, 6) is -0.629. The van der Waals surface area contributed by atoms with Crippen molar-refractivity contribution in [3.8, 4) is 0 Å². The van der Waals surface area contributed by atoms with Crippen molar-refractivity contribution in [1.82, 2.24) is 4.98 Å². The van der Waals surface area contributed by atoms with Crippen LogP contribution in [0.5, 0.6) is 0 Å². The van der Waals surface area contributed by atoms with Gasteiger partial charge in [-0.05, 0) is 18.2 Å². The van der Waals surface area contributed by atoms with Crippen LogP contribution in [0.3, 0.4) is 0 Å². The van der Waals surface area contributed by atoms with Crippen LogP contribution in [0.4, 0.5) is 4.39 Å². The molecule has 1 heterocycles. The fourth-order valence-corrected chi connectivity index (χ4v) is 1.79. The predicted molar refractivity (Wildman–Crippen MR) is 64.0 cm³/mol. The largest absolute Gasteiger partial charge is 0.388 e. The van der Waals surface area contributed by atoms with Crippen LogP contribution in [0.1, 0.15) is 30.2 Å². The number of pyridine rings is 1. The zero-order chi connectivity index (χ0) is 12.3. The molecule has 2 aromatic rings. The monoisotopic (exact) mass is 231 g/mol. The van der Waals surface area contributed by atoms with Crippen LogP contribution < -0.4 is 0 Å². The van der Waals surface area contributed by atoms with Gasteiger partial charge in [-0.2, -0.15) is 0 Å². The minimum absolute atomic E-state index is 0.243. The Bertz CT molecular complexity index is 487. The summed E-state index contributed by atoms with van der Waals surface area (Å²) in [7, 11) is 0. The maximum Gasteiger partial charge on any atom is 0.129 e.